The van der Waals surface area contributed by atoms with E-state index in [0.29, 0.717) is 11.5 Å². The third kappa shape index (κ3) is 5.13. The number of anilines is 1. The van der Waals surface area contributed by atoms with Gasteiger partial charge < -0.3 is 15.4 Å². The number of benzene rings is 2. The Labute approximate surface area is 169 Å². The fraction of sp³-hybridized carbons (Fsp3) is 0.0952. The average molecular weight is 415 g/mol. The Kier molecular flexibility index (Phi) is 6.01. The number of amides is 2. The summed E-state index contributed by atoms with van der Waals surface area (Å²) >= 11 is 0. The molecule has 2 aromatic carbocycles. The molecule has 1 aromatic heterocycles. The van der Waals surface area contributed by atoms with Gasteiger partial charge in [-0.3, -0.25) is 14.6 Å². The Morgan fingerprint density at radius 3 is 2.30 bits per heavy atom. The zero-order valence-corrected chi connectivity index (χ0v) is 15.7. The largest absolute Gasteiger partial charge is 0.457 e. The summed E-state index contributed by atoms with van der Waals surface area (Å²) < 4.78 is 43.6. The molecule has 0 fully saturated rings. The van der Waals surface area contributed by atoms with Crippen LogP contribution >= 0.6 is 0 Å². The molecule has 0 unspecified atom stereocenters. The van der Waals surface area contributed by atoms with Gasteiger partial charge in [-0.1, -0.05) is 6.07 Å². The molecule has 1 heterocycles. The van der Waals surface area contributed by atoms with E-state index in [0.717, 1.165) is 12.1 Å². The molecule has 0 bridgehead atoms. The fourth-order valence-corrected chi connectivity index (χ4v) is 2.51. The molecule has 9 heteroatoms. The molecule has 6 nitrogen and oxygen atoms in total. The first-order chi connectivity index (χ1) is 14.3. The van der Waals surface area contributed by atoms with E-state index >= 15 is 0 Å². The molecule has 0 atom stereocenters. The lowest BCUT2D eigenvalue weighted by molar-refractivity contribution is -0.137. The fourth-order valence-electron chi connectivity index (χ4n) is 2.51. The Morgan fingerprint density at radius 2 is 1.63 bits per heavy atom. The molecule has 0 aliphatic rings. The quantitative estimate of drug-likeness (QED) is 0.643. The van der Waals surface area contributed by atoms with Gasteiger partial charge in [-0.05, 0) is 48.5 Å². The van der Waals surface area contributed by atoms with Crippen molar-refractivity contribution >= 4 is 17.5 Å². The summed E-state index contributed by atoms with van der Waals surface area (Å²) in [4.78, 5) is 28.0. The minimum Gasteiger partial charge on any atom is -0.457 e. The van der Waals surface area contributed by atoms with E-state index in [1.54, 1.807) is 18.2 Å². The summed E-state index contributed by atoms with van der Waals surface area (Å²) in [5.74, 6) is -0.195. The van der Waals surface area contributed by atoms with Crippen LogP contribution in [-0.2, 0) is 6.18 Å². The number of ether oxygens (including phenoxy) is 1. The van der Waals surface area contributed by atoms with Gasteiger partial charge in [0.2, 0.25) is 0 Å². The van der Waals surface area contributed by atoms with Crippen molar-refractivity contribution in [2.75, 3.05) is 12.4 Å². The molecule has 3 aromatic rings. The van der Waals surface area contributed by atoms with E-state index in [-0.39, 0.29) is 22.9 Å². The Morgan fingerprint density at radius 1 is 0.933 bits per heavy atom. The second-order valence-electron chi connectivity index (χ2n) is 6.12. The van der Waals surface area contributed by atoms with Gasteiger partial charge in [0, 0.05) is 30.6 Å². The van der Waals surface area contributed by atoms with Crippen molar-refractivity contribution in [3.05, 3.63) is 83.7 Å². The van der Waals surface area contributed by atoms with E-state index in [1.165, 1.54) is 43.6 Å². The predicted molar refractivity (Wildman–Crippen MR) is 104 cm³/mol. The van der Waals surface area contributed by atoms with Crippen molar-refractivity contribution < 1.29 is 27.5 Å². The summed E-state index contributed by atoms with van der Waals surface area (Å²) in [6, 6.07) is 13.4. The zero-order chi connectivity index (χ0) is 21.7. The van der Waals surface area contributed by atoms with Gasteiger partial charge in [-0.15, -0.1) is 0 Å². The number of hydrogen-bond donors (Lipinski definition) is 2. The molecule has 0 aliphatic carbocycles. The Hall–Kier alpha value is -3.88. The van der Waals surface area contributed by atoms with E-state index in [1.807, 2.05) is 0 Å². The normalized spacial score (nSPS) is 10.9. The Balaban J connectivity index is 1.72. The summed E-state index contributed by atoms with van der Waals surface area (Å²) in [6.07, 6.45) is -3.03. The molecule has 3 rings (SSSR count). The van der Waals surface area contributed by atoms with Crippen molar-refractivity contribution in [2.45, 2.75) is 6.18 Å². The molecular weight excluding hydrogens is 399 g/mol. The van der Waals surface area contributed by atoms with E-state index in [9.17, 15) is 22.8 Å². The monoisotopic (exact) mass is 415 g/mol. The number of carbonyl (C=O) groups excluding carboxylic acids is 2. The highest BCUT2D eigenvalue weighted by atomic mass is 19.4. The van der Waals surface area contributed by atoms with Gasteiger partial charge in [0.25, 0.3) is 11.8 Å². The number of carbonyl (C=O) groups is 2. The van der Waals surface area contributed by atoms with E-state index < -0.39 is 17.6 Å². The molecule has 2 N–H and O–H groups in total. The number of alkyl halides is 3. The maximum Gasteiger partial charge on any atom is 0.416 e. The second kappa shape index (κ2) is 8.64. The van der Waals surface area contributed by atoms with Gasteiger partial charge in [0.15, 0.2) is 0 Å². The molecule has 0 spiro atoms. The SMILES string of the molecule is CNC(=O)c1cc(Oc2cccc(C(=O)Nc3ccc(C(F)(F)F)cc3)c2)ccn1. The number of rotatable bonds is 5. The summed E-state index contributed by atoms with van der Waals surface area (Å²) in [5, 5.41) is 4.99. The number of nitrogens with zero attached hydrogens (tertiary/aromatic N) is 1. The van der Waals surface area contributed by atoms with Crippen molar-refractivity contribution in [3.63, 3.8) is 0 Å². The van der Waals surface area contributed by atoms with Crippen molar-refractivity contribution in [3.8, 4) is 11.5 Å². The van der Waals surface area contributed by atoms with Crippen LogP contribution in [0.25, 0.3) is 0 Å². The van der Waals surface area contributed by atoms with Crippen LogP contribution in [0.4, 0.5) is 18.9 Å². The van der Waals surface area contributed by atoms with E-state index in [4.69, 9.17) is 4.74 Å². The number of pyridine rings is 1. The van der Waals surface area contributed by atoms with Crippen molar-refractivity contribution in [1.29, 1.82) is 0 Å². The smallest absolute Gasteiger partial charge is 0.416 e. The van der Waals surface area contributed by atoms with Gasteiger partial charge in [-0.25, -0.2) is 0 Å². The number of aromatic nitrogens is 1. The first kappa shape index (κ1) is 20.8. The third-order valence-electron chi connectivity index (χ3n) is 3.99. The van der Waals surface area contributed by atoms with Crippen LogP contribution in [0.5, 0.6) is 11.5 Å². The van der Waals surface area contributed by atoms with Crippen molar-refractivity contribution in [2.24, 2.45) is 0 Å². The summed E-state index contributed by atoms with van der Waals surface area (Å²) in [5.41, 5.74) is -0.160. The molecule has 2 amide bonds. The van der Waals surface area contributed by atoms with Crippen molar-refractivity contribution in [1.82, 2.24) is 10.3 Å². The van der Waals surface area contributed by atoms with Crippen LogP contribution in [0, 0.1) is 0 Å². The number of nitrogens with one attached hydrogen (secondary N) is 2. The van der Waals surface area contributed by atoms with Crippen LogP contribution in [0.1, 0.15) is 26.4 Å². The predicted octanol–water partition coefficient (Wildman–Crippen LogP) is 4.50. The molecular formula is C21H16F3N3O3. The highest BCUT2D eigenvalue weighted by Gasteiger charge is 2.30. The van der Waals surface area contributed by atoms with Crippen LogP contribution in [0.15, 0.2) is 66.9 Å². The Bertz CT molecular complexity index is 1070. The minimum atomic E-state index is -4.45. The third-order valence-corrected chi connectivity index (χ3v) is 3.99. The van der Waals surface area contributed by atoms with Gasteiger partial charge in [0.1, 0.15) is 17.2 Å². The maximum absolute atomic E-state index is 12.6. The van der Waals surface area contributed by atoms with Crippen LogP contribution in [0.2, 0.25) is 0 Å². The standard InChI is InChI=1S/C21H16F3N3O3/c1-25-20(29)18-12-17(9-10-26-18)30-16-4-2-3-13(11-16)19(28)27-15-7-5-14(6-8-15)21(22,23)24/h2-12H,1H3,(H,25,29)(H,27,28). The molecule has 0 saturated heterocycles. The van der Waals surface area contributed by atoms with Gasteiger partial charge >= 0.3 is 6.18 Å². The lowest BCUT2D eigenvalue weighted by Crippen LogP contribution is -2.18. The second-order valence-corrected chi connectivity index (χ2v) is 6.12. The molecule has 0 saturated carbocycles. The topological polar surface area (TPSA) is 80.3 Å². The van der Waals surface area contributed by atoms with Crippen LogP contribution < -0.4 is 15.4 Å². The minimum absolute atomic E-state index is 0.172. The van der Waals surface area contributed by atoms with Crippen LogP contribution in [-0.4, -0.2) is 23.8 Å². The average Bonchev–Trinajstić information content (AvgIpc) is 2.73. The van der Waals surface area contributed by atoms with E-state index in [2.05, 4.69) is 15.6 Å². The first-order valence-electron chi connectivity index (χ1n) is 8.71. The van der Waals surface area contributed by atoms with Crippen LogP contribution in [0.3, 0.4) is 0 Å². The lowest BCUT2D eigenvalue weighted by Gasteiger charge is -2.10. The molecule has 0 aliphatic heterocycles. The summed E-state index contributed by atoms with van der Waals surface area (Å²) in [7, 11) is 1.48. The molecule has 30 heavy (non-hydrogen) atoms. The van der Waals surface area contributed by atoms with Gasteiger partial charge in [-0.2, -0.15) is 13.2 Å². The number of hydrogen-bond acceptors (Lipinski definition) is 4. The molecule has 0 radical (unpaired) electrons. The summed E-state index contributed by atoms with van der Waals surface area (Å²) in [6.45, 7) is 0. The zero-order valence-electron chi connectivity index (χ0n) is 15.7. The first-order valence-corrected chi connectivity index (χ1v) is 8.71. The highest BCUT2D eigenvalue weighted by Crippen LogP contribution is 2.30. The van der Waals surface area contributed by atoms with Gasteiger partial charge in [0.05, 0.1) is 5.56 Å². The highest BCUT2D eigenvalue weighted by molar-refractivity contribution is 6.04. The number of halogens is 3. The molecule has 154 valence electrons. The lowest BCUT2D eigenvalue weighted by atomic mass is 10.1. The maximum atomic E-state index is 12.6.